The fourth-order valence-corrected chi connectivity index (χ4v) is 4.57. The lowest BCUT2D eigenvalue weighted by Gasteiger charge is -2.26. The molecule has 1 saturated heterocycles. The Morgan fingerprint density at radius 3 is 2.68 bits per heavy atom. The van der Waals surface area contributed by atoms with Gasteiger partial charge in [-0.15, -0.1) is 0 Å². The zero-order valence-corrected chi connectivity index (χ0v) is 12.2. The summed E-state index contributed by atoms with van der Waals surface area (Å²) in [6.07, 6.45) is 4.12. The van der Waals surface area contributed by atoms with Gasteiger partial charge in [0.05, 0.1) is 5.69 Å². The van der Waals surface area contributed by atoms with E-state index in [1.165, 1.54) is 6.20 Å². The van der Waals surface area contributed by atoms with Crippen LogP contribution < -0.4 is 5.73 Å². The van der Waals surface area contributed by atoms with E-state index in [2.05, 4.69) is 4.98 Å². The highest BCUT2D eigenvalue weighted by atomic mass is 32.2. The second-order valence-electron chi connectivity index (χ2n) is 5.01. The van der Waals surface area contributed by atoms with Gasteiger partial charge in [0.1, 0.15) is 4.90 Å². The first kappa shape index (κ1) is 14.4. The van der Waals surface area contributed by atoms with E-state index in [-0.39, 0.29) is 17.0 Å². The minimum Gasteiger partial charge on any atom is -0.325 e. The van der Waals surface area contributed by atoms with Crippen molar-refractivity contribution in [2.75, 3.05) is 0 Å². The Balaban J connectivity index is 2.35. The molecule has 2 N–H and O–H groups in total. The van der Waals surface area contributed by atoms with Crippen LogP contribution in [0.4, 0.5) is 0 Å². The molecule has 0 aromatic carbocycles. The summed E-state index contributed by atoms with van der Waals surface area (Å²) < 4.78 is 27.0. The van der Waals surface area contributed by atoms with Gasteiger partial charge in [-0.05, 0) is 38.3 Å². The fraction of sp³-hybridized carbons (Fsp3) is 0.615. The maximum atomic E-state index is 12.7. The van der Waals surface area contributed by atoms with E-state index in [4.69, 9.17) is 5.73 Å². The summed E-state index contributed by atoms with van der Waals surface area (Å²) in [5.41, 5.74) is 6.17. The molecule has 0 bridgehead atoms. The number of nitrogens with zero attached hydrogens (tertiary/aromatic N) is 2. The molecule has 19 heavy (non-hydrogen) atoms. The second-order valence-corrected chi connectivity index (χ2v) is 6.86. The molecule has 0 amide bonds. The van der Waals surface area contributed by atoms with E-state index < -0.39 is 10.0 Å². The molecule has 0 aliphatic carbocycles. The number of aromatic nitrogens is 1. The standard InChI is InChI=1S/C13H21N3O2S/c1-3-12-6-4-10(2)16(12)19(17,18)13-7-5-11(8-14)15-9-13/h5,7,9-10,12H,3-4,6,8,14H2,1-2H3. The van der Waals surface area contributed by atoms with Gasteiger partial charge in [-0.1, -0.05) is 6.92 Å². The molecule has 5 nitrogen and oxygen atoms in total. The zero-order chi connectivity index (χ0) is 14.0. The fourth-order valence-electron chi connectivity index (χ4n) is 2.67. The highest BCUT2D eigenvalue weighted by Crippen LogP contribution is 2.32. The van der Waals surface area contributed by atoms with Crippen LogP contribution in [0.1, 0.15) is 38.8 Å². The Labute approximate surface area is 114 Å². The topological polar surface area (TPSA) is 76.3 Å². The van der Waals surface area contributed by atoms with Gasteiger partial charge in [-0.25, -0.2) is 8.42 Å². The normalized spacial score (nSPS) is 24.8. The van der Waals surface area contributed by atoms with Gasteiger partial charge in [0.15, 0.2) is 0 Å². The van der Waals surface area contributed by atoms with Crippen molar-refractivity contribution in [2.24, 2.45) is 5.73 Å². The van der Waals surface area contributed by atoms with Crippen LogP contribution in [-0.2, 0) is 16.6 Å². The van der Waals surface area contributed by atoms with E-state index in [9.17, 15) is 8.42 Å². The van der Waals surface area contributed by atoms with Crippen LogP contribution in [0.3, 0.4) is 0 Å². The van der Waals surface area contributed by atoms with Gasteiger partial charge in [-0.3, -0.25) is 4.98 Å². The van der Waals surface area contributed by atoms with Crippen molar-refractivity contribution in [1.29, 1.82) is 0 Å². The van der Waals surface area contributed by atoms with Crippen molar-refractivity contribution in [3.8, 4) is 0 Å². The van der Waals surface area contributed by atoms with E-state index >= 15 is 0 Å². The molecular weight excluding hydrogens is 262 g/mol. The van der Waals surface area contributed by atoms with Crippen LogP contribution in [0.15, 0.2) is 23.2 Å². The maximum Gasteiger partial charge on any atom is 0.245 e. The quantitative estimate of drug-likeness (QED) is 0.908. The molecule has 106 valence electrons. The van der Waals surface area contributed by atoms with Crippen molar-refractivity contribution < 1.29 is 8.42 Å². The van der Waals surface area contributed by atoms with Crippen LogP contribution >= 0.6 is 0 Å². The molecule has 1 aromatic rings. The maximum absolute atomic E-state index is 12.7. The number of hydrogen-bond donors (Lipinski definition) is 1. The van der Waals surface area contributed by atoms with Gasteiger partial charge >= 0.3 is 0 Å². The van der Waals surface area contributed by atoms with Crippen molar-refractivity contribution in [1.82, 2.24) is 9.29 Å². The van der Waals surface area contributed by atoms with Crippen molar-refractivity contribution in [3.05, 3.63) is 24.0 Å². The molecule has 2 rings (SSSR count). The number of sulfonamides is 1. The monoisotopic (exact) mass is 283 g/mol. The van der Waals surface area contributed by atoms with Crippen LogP contribution in [0.25, 0.3) is 0 Å². The first-order valence-corrected chi connectivity index (χ1v) is 8.13. The van der Waals surface area contributed by atoms with Crippen molar-refractivity contribution in [3.63, 3.8) is 0 Å². The first-order valence-electron chi connectivity index (χ1n) is 6.69. The molecule has 2 unspecified atom stereocenters. The Morgan fingerprint density at radius 1 is 1.42 bits per heavy atom. The third-order valence-electron chi connectivity index (χ3n) is 3.77. The molecule has 1 aromatic heterocycles. The van der Waals surface area contributed by atoms with E-state index in [0.717, 1.165) is 19.3 Å². The van der Waals surface area contributed by atoms with E-state index in [0.29, 0.717) is 12.2 Å². The summed E-state index contributed by atoms with van der Waals surface area (Å²) in [6, 6.07) is 3.44. The summed E-state index contributed by atoms with van der Waals surface area (Å²) in [5.74, 6) is 0. The Hall–Kier alpha value is -0.980. The van der Waals surface area contributed by atoms with Gasteiger partial charge in [0.2, 0.25) is 10.0 Å². The summed E-state index contributed by atoms with van der Waals surface area (Å²) in [6.45, 7) is 4.31. The summed E-state index contributed by atoms with van der Waals surface area (Å²) >= 11 is 0. The van der Waals surface area contributed by atoms with Gasteiger partial charge in [0, 0.05) is 24.8 Å². The summed E-state index contributed by atoms with van der Waals surface area (Å²) in [4.78, 5) is 4.34. The lowest BCUT2D eigenvalue weighted by molar-refractivity contribution is 0.328. The average molecular weight is 283 g/mol. The second kappa shape index (κ2) is 5.56. The Morgan fingerprint density at radius 2 is 2.16 bits per heavy atom. The molecule has 0 spiro atoms. The van der Waals surface area contributed by atoms with Crippen LogP contribution in [0.2, 0.25) is 0 Å². The molecule has 0 saturated carbocycles. The minimum absolute atomic E-state index is 0.0594. The van der Waals surface area contributed by atoms with Crippen LogP contribution in [0, 0.1) is 0 Å². The third-order valence-corrected chi connectivity index (χ3v) is 5.82. The molecule has 1 fully saturated rings. The van der Waals surface area contributed by atoms with Crippen molar-refractivity contribution in [2.45, 2.75) is 56.6 Å². The number of hydrogen-bond acceptors (Lipinski definition) is 4. The predicted molar refractivity (Wildman–Crippen MR) is 73.9 cm³/mol. The number of pyridine rings is 1. The molecule has 1 aliphatic heterocycles. The molecular formula is C13H21N3O2S. The summed E-state index contributed by atoms with van der Waals surface area (Å²) in [5, 5.41) is 0. The van der Waals surface area contributed by atoms with Gasteiger partial charge < -0.3 is 5.73 Å². The molecule has 2 heterocycles. The highest BCUT2D eigenvalue weighted by Gasteiger charge is 2.39. The average Bonchev–Trinajstić information content (AvgIpc) is 2.80. The lowest BCUT2D eigenvalue weighted by atomic mass is 10.2. The minimum atomic E-state index is -3.44. The Kier molecular flexibility index (Phi) is 4.23. The Bertz CT molecular complexity index is 527. The number of rotatable bonds is 4. The smallest absolute Gasteiger partial charge is 0.245 e. The SMILES string of the molecule is CCC1CCC(C)N1S(=O)(=O)c1ccc(CN)nc1. The molecule has 1 aliphatic rings. The highest BCUT2D eigenvalue weighted by molar-refractivity contribution is 7.89. The first-order chi connectivity index (χ1) is 9.00. The van der Waals surface area contributed by atoms with Crippen LogP contribution in [0.5, 0.6) is 0 Å². The van der Waals surface area contributed by atoms with Gasteiger partial charge in [-0.2, -0.15) is 4.31 Å². The van der Waals surface area contributed by atoms with Crippen LogP contribution in [-0.4, -0.2) is 29.8 Å². The number of nitrogens with two attached hydrogens (primary N) is 1. The van der Waals surface area contributed by atoms with Gasteiger partial charge in [0.25, 0.3) is 0 Å². The van der Waals surface area contributed by atoms with E-state index in [1.54, 1.807) is 16.4 Å². The van der Waals surface area contributed by atoms with Crippen molar-refractivity contribution >= 4 is 10.0 Å². The summed E-state index contributed by atoms with van der Waals surface area (Å²) in [7, 11) is -3.44. The largest absolute Gasteiger partial charge is 0.325 e. The lowest BCUT2D eigenvalue weighted by Crippen LogP contribution is -2.39. The predicted octanol–water partition coefficient (Wildman–Crippen LogP) is 1.49. The molecule has 2 atom stereocenters. The van der Waals surface area contributed by atoms with E-state index in [1.807, 2.05) is 13.8 Å². The zero-order valence-electron chi connectivity index (χ0n) is 11.4. The third kappa shape index (κ3) is 2.66. The molecule has 0 radical (unpaired) electrons. The molecule has 6 heteroatoms.